The highest BCUT2D eigenvalue weighted by Crippen LogP contribution is 2.27. The molecule has 0 fully saturated rings. The summed E-state index contributed by atoms with van der Waals surface area (Å²) in [5.41, 5.74) is 4.75. The number of benzene rings is 1. The summed E-state index contributed by atoms with van der Waals surface area (Å²) in [6.07, 6.45) is 2.15. The molecule has 2 aromatic rings. The van der Waals surface area contributed by atoms with E-state index in [-0.39, 0.29) is 17.9 Å². The fraction of sp³-hybridized carbons (Fsp3) is 0.565. The first-order valence-electron chi connectivity index (χ1n) is 10.6. The monoisotopic (exact) mass is 382 g/mol. The minimum atomic E-state index is -0.00831. The highest BCUT2D eigenvalue weighted by Gasteiger charge is 2.28. The zero-order chi connectivity index (χ0) is 20.3. The number of carbonyl (C=O) groups excluding carboxylic acids is 1. The average molecular weight is 383 g/mol. The quantitative estimate of drug-likeness (QED) is 0.726. The van der Waals surface area contributed by atoms with Gasteiger partial charge in [0.2, 0.25) is 5.91 Å². The van der Waals surface area contributed by atoms with Gasteiger partial charge in [-0.1, -0.05) is 39.0 Å². The molecule has 5 nitrogen and oxygen atoms in total. The number of hydrogen-bond donors (Lipinski definition) is 0. The Morgan fingerprint density at radius 2 is 1.89 bits per heavy atom. The molecule has 1 aromatic heterocycles. The lowest BCUT2D eigenvalue weighted by Gasteiger charge is -2.30. The van der Waals surface area contributed by atoms with Crippen LogP contribution in [-0.4, -0.2) is 44.6 Å². The number of nitrogens with zero attached hydrogens (tertiary/aromatic N) is 4. The Kier molecular flexibility index (Phi) is 6.55. The van der Waals surface area contributed by atoms with E-state index in [1.807, 2.05) is 24.8 Å². The standard InChI is InChI=1S/C23H34N4O/c1-6-13-25-14-12-22-20(15-25)21(16-26(18(4)5)23(28)17(2)3)24-27(22)19-10-8-7-9-11-19/h7-11,17-18H,6,12-16H2,1-5H3. The molecule has 1 aliphatic rings. The fourth-order valence-electron chi connectivity index (χ4n) is 3.97. The van der Waals surface area contributed by atoms with Crippen LogP contribution in [0.5, 0.6) is 0 Å². The maximum Gasteiger partial charge on any atom is 0.225 e. The van der Waals surface area contributed by atoms with Crippen LogP contribution >= 0.6 is 0 Å². The molecule has 0 N–H and O–H groups in total. The largest absolute Gasteiger partial charge is 0.334 e. The highest BCUT2D eigenvalue weighted by molar-refractivity contribution is 5.78. The first kappa shape index (κ1) is 20.6. The summed E-state index contributed by atoms with van der Waals surface area (Å²) < 4.78 is 2.10. The number of hydrogen-bond acceptors (Lipinski definition) is 3. The first-order chi connectivity index (χ1) is 13.4. The van der Waals surface area contributed by atoms with Crippen molar-refractivity contribution in [3.63, 3.8) is 0 Å². The molecule has 1 aromatic carbocycles. The van der Waals surface area contributed by atoms with Crippen molar-refractivity contribution in [1.29, 1.82) is 0 Å². The molecule has 5 heteroatoms. The summed E-state index contributed by atoms with van der Waals surface area (Å²) in [5, 5.41) is 5.02. The molecule has 0 spiro atoms. The SMILES string of the molecule is CCCN1CCc2c(c(CN(C(=O)C(C)C)C(C)C)nn2-c2ccccc2)C1. The Hall–Kier alpha value is -2.14. The van der Waals surface area contributed by atoms with Crippen molar-refractivity contribution in [2.24, 2.45) is 5.92 Å². The van der Waals surface area contributed by atoms with Gasteiger partial charge in [0.1, 0.15) is 0 Å². The number of amides is 1. The lowest BCUT2D eigenvalue weighted by atomic mass is 10.0. The van der Waals surface area contributed by atoms with Gasteiger partial charge in [-0.05, 0) is 38.9 Å². The van der Waals surface area contributed by atoms with Crippen LogP contribution in [-0.2, 0) is 24.3 Å². The molecular weight excluding hydrogens is 348 g/mol. The van der Waals surface area contributed by atoms with E-state index in [1.165, 1.54) is 11.3 Å². The summed E-state index contributed by atoms with van der Waals surface area (Å²) in [7, 11) is 0. The molecule has 0 atom stereocenters. The third-order valence-corrected chi connectivity index (χ3v) is 5.48. The van der Waals surface area contributed by atoms with E-state index in [4.69, 9.17) is 5.10 Å². The van der Waals surface area contributed by atoms with Crippen molar-refractivity contribution in [2.45, 2.75) is 66.6 Å². The van der Waals surface area contributed by atoms with Crippen LogP contribution in [0.3, 0.4) is 0 Å². The number of para-hydroxylation sites is 1. The highest BCUT2D eigenvalue weighted by atomic mass is 16.2. The molecular formula is C23H34N4O. The Labute approximate surface area is 169 Å². The molecule has 152 valence electrons. The summed E-state index contributed by atoms with van der Waals surface area (Å²) in [4.78, 5) is 17.3. The van der Waals surface area contributed by atoms with Gasteiger partial charge in [-0.25, -0.2) is 4.68 Å². The zero-order valence-corrected chi connectivity index (χ0v) is 18.0. The van der Waals surface area contributed by atoms with E-state index in [9.17, 15) is 4.79 Å². The predicted molar refractivity (Wildman–Crippen MR) is 113 cm³/mol. The Bertz CT molecular complexity index is 794. The second-order valence-electron chi connectivity index (χ2n) is 8.36. The summed E-state index contributed by atoms with van der Waals surface area (Å²) in [6.45, 7) is 14.0. The molecule has 0 bridgehead atoms. The molecule has 28 heavy (non-hydrogen) atoms. The van der Waals surface area contributed by atoms with Gasteiger partial charge in [-0.15, -0.1) is 0 Å². The normalized spacial score (nSPS) is 14.5. The van der Waals surface area contributed by atoms with Crippen LogP contribution in [0.2, 0.25) is 0 Å². The van der Waals surface area contributed by atoms with Gasteiger partial charge in [0.15, 0.2) is 0 Å². The van der Waals surface area contributed by atoms with E-state index in [0.717, 1.165) is 43.9 Å². The average Bonchev–Trinajstić information content (AvgIpc) is 3.04. The Morgan fingerprint density at radius 3 is 2.50 bits per heavy atom. The van der Waals surface area contributed by atoms with Gasteiger partial charge in [-0.3, -0.25) is 9.69 Å². The minimum absolute atomic E-state index is 0.00831. The first-order valence-corrected chi connectivity index (χ1v) is 10.6. The van der Waals surface area contributed by atoms with Crippen LogP contribution in [0, 0.1) is 5.92 Å². The van der Waals surface area contributed by atoms with Gasteiger partial charge >= 0.3 is 0 Å². The van der Waals surface area contributed by atoms with Gasteiger partial charge in [-0.2, -0.15) is 5.10 Å². The van der Waals surface area contributed by atoms with Gasteiger partial charge in [0.05, 0.1) is 23.6 Å². The van der Waals surface area contributed by atoms with Crippen LogP contribution in [0.25, 0.3) is 5.69 Å². The molecule has 2 heterocycles. The number of aromatic nitrogens is 2. The third kappa shape index (κ3) is 4.30. The lowest BCUT2D eigenvalue weighted by Crippen LogP contribution is -2.39. The van der Waals surface area contributed by atoms with Crippen molar-refractivity contribution in [1.82, 2.24) is 19.6 Å². The smallest absolute Gasteiger partial charge is 0.225 e. The van der Waals surface area contributed by atoms with E-state index in [2.05, 4.69) is 54.6 Å². The maximum atomic E-state index is 12.8. The molecule has 0 unspecified atom stereocenters. The van der Waals surface area contributed by atoms with Crippen LogP contribution in [0.15, 0.2) is 30.3 Å². The summed E-state index contributed by atoms with van der Waals surface area (Å²) >= 11 is 0. The van der Waals surface area contributed by atoms with Crippen molar-refractivity contribution < 1.29 is 4.79 Å². The second kappa shape index (κ2) is 8.91. The molecule has 3 rings (SSSR count). The molecule has 1 amide bonds. The van der Waals surface area contributed by atoms with Crippen LogP contribution in [0.1, 0.15) is 58.0 Å². The van der Waals surface area contributed by atoms with Crippen molar-refractivity contribution >= 4 is 5.91 Å². The molecule has 0 aliphatic carbocycles. The van der Waals surface area contributed by atoms with Crippen LogP contribution < -0.4 is 0 Å². The number of fused-ring (bicyclic) bond motifs is 1. The Morgan fingerprint density at radius 1 is 1.18 bits per heavy atom. The zero-order valence-electron chi connectivity index (χ0n) is 18.0. The van der Waals surface area contributed by atoms with Crippen molar-refractivity contribution in [3.8, 4) is 5.69 Å². The number of carbonyl (C=O) groups is 1. The summed E-state index contributed by atoms with van der Waals surface area (Å²) in [5.74, 6) is 0.185. The molecule has 0 saturated carbocycles. The Balaban J connectivity index is 2.00. The van der Waals surface area contributed by atoms with E-state index < -0.39 is 0 Å². The molecule has 0 radical (unpaired) electrons. The number of rotatable bonds is 7. The third-order valence-electron chi connectivity index (χ3n) is 5.48. The molecule has 1 aliphatic heterocycles. The minimum Gasteiger partial charge on any atom is -0.334 e. The second-order valence-corrected chi connectivity index (χ2v) is 8.36. The maximum absolute atomic E-state index is 12.8. The topological polar surface area (TPSA) is 41.4 Å². The van der Waals surface area contributed by atoms with Gasteiger partial charge in [0, 0.05) is 37.0 Å². The van der Waals surface area contributed by atoms with Gasteiger partial charge in [0.25, 0.3) is 0 Å². The van der Waals surface area contributed by atoms with Crippen LogP contribution in [0.4, 0.5) is 0 Å². The van der Waals surface area contributed by atoms with Crippen molar-refractivity contribution in [3.05, 3.63) is 47.3 Å². The van der Waals surface area contributed by atoms with Gasteiger partial charge < -0.3 is 4.90 Å². The molecule has 0 saturated heterocycles. The van der Waals surface area contributed by atoms with E-state index in [1.54, 1.807) is 0 Å². The summed E-state index contributed by atoms with van der Waals surface area (Å²) in [6, 6.07) is 10.5. The lowest BCUT2D eigenvalue weighted by molar-refractivity contribution is -0.136. The fourth-order valence-corrected chi connectivity index (χ4v) is 3.97. The predicted octanol–water partition coefficient (Wildman–Crippen LogP) is 4.03. The van der Waals surface area contributed by atoms with E-state index >= 15 is 0 Å². The van der Waals surface area contributed by atoms with E-state index in [0.29, 0.717) is 6.54 Å². The van der Waals surface area contributed by atoms with Crippen molar-refractivity contribution in [2.75, 3.05) is 13.1 Å².